The molecule has 2 aromatic rings. The van der Waals surface area contributed by atoms with E-state index in [0.29, 0.717) is 10.7 Å². The molecule has 1 aliphatic rings. The van der Waals surface area contributed by atoms with Crippen LogP contribution in [-0.2, 0) is 17.4 Å². The summed E-state index contributed by atoms with van der Waals surface area (Å²) in [5.41, 5.74) is 0.591. The third-order valence-electron chi connectivity index (χ3n) is 3.61. The smallest absolute Gasteiger partial charge is 0.303 e. The molecule has 3 rings (SSSR count). The summed E-state index contributed by atoms with van der Waals surface area (Å²) in [6.45, 7) is 0. The van der Waals surface area contributed by atoms with Gasteiger partial charge in [0.05, 0.1) is 17.0 Å². The zero-order valence-electron chi connectivity index (χ0n) is 13.4. The Labute approximate surface area is 152 Å². The van der Waals surface area contributed by atoms with Gasteiger partial charge in [0.1, 0.15) is 0 Å². The van der Waals surface area contributed by atoms with E-state index >= 15 is 0 Å². The maximum absolute atomic E-state index is 12.8. The van der Waals surface area contributed by atoms with Gasteiger partial charge in [-0.05, 0) is 23.6 Å². The van der Waals surface area contributed by atoms with Crippen molar-refractivity contribution >= 4 is 29.1 Å². The fraction of sp³-hybridized carbons (Fsp3) is 0.167. The van der Waals surface area contributed by atoms with Crippen molar-refractivity contribution in [2.45, 2.75) is 17.8 Å². The highest BCUT2D eigenvalue weighted by atomic mass is 32.2. The summed E-state index contributed by atoms with van der Waals surface area (Å²) in [5.74, 6) is -0.291. The zero-order valence-corrected chi connectivity index (χ0v) is 14.2. The lowest BCUT2D eigenvalue weighted by Gasteiger charge is -2.10. The topological polar surface area (TPSA) is 53.8 Å². The quantitative estimate of drug-likeness (QED) is 0.650. The van der Waals surface area contributed by atoms with Gasteiger partial charge < -0.3 is 5.32 Å². The van der Waals surface area contributed by atoms with Crippen molar-refractivity contribution in [3.8, 4) is 0 Å². The highest BCUT2D eigenvalue weighted by Gasteiger charge is 2.33. The van der Waals surface area contributed by atoms with Gasteiger partial charge in [-0.1, -0.05) is 60.3 Å². The zero-order chi connectivity index (χ0) is 18.6. The second-order valence-electron chi connectivity index (χ2n) is 5.56. The second kappa shape index (κ2) is 7.74. The van der Waals surface area contributed by atoms with E-state index in [1.807, 2.05) is 30.3 Å². The summed E-state index contributed by atoms with van der Waals surface area (Å²) in [4.78, 5) is 12.0. The highest BCUT2D eigenvalue weighted by molar-refractivity contribution is 8.15. The number of rotatable bonds is 4. The van der Waals surface area contributed by atoms with Gasteiger partial charge in [0.15, 0.2) is 5.17 Å². The van der Waals surface area contributed by atoms with Crippen LogP contribution in [0.4, 0.5) is 13.2 Å². The van der Waals surface area contributed by atoms with Crippen LogP contribution in [0.1, 0.15) is 16.7 Å². The van der Waals surface area contributed by atoms with Crippen molar-refractivity contribution in [1.29, 1.82) is 0 Å². The Balaban J connectivity index is 1.65. The third-order valence-corrected chi connectivity index (χ3v) is 4.68. The van der Waals surface area contributed by atoms with Crippen LogP contribution in [-0.4, -0.2) is 22.5 Å². The molecule has 0 aromatic heterocycles. The Morgan fingerprint density at radius 2 is 1.88 bits per heavy atom. The van der Waals surface area contributed by atoms with Crippen LogP contribution >= 0.6 is 11.8 Å². The SMILES string of the molecule is O=C1N/C(=N/N=C/c2ccccc2)SC1Cc1cccc(C(F)(F)F)c1. The van der Waals surface area contributed by atoms with E-state index < -0.39 is 17.0 Å². The van der Waals surface area contributed by atoms with Crippen LogP contribution in [0.5, 0.6) is 0 Å². The molecule has 26 heavy (non-hydrogen) atoms. The number of halogens is 3. The Bertz CT molecular complexity index is 850. The molecule has 1 fully saturated rings. The average Bonchev–Trinajstić information content (AvgIpc) is 2.95. The summed E-state index contributed by atoms with van der Waals surface area (Å²) in [6, 6.07) is 14.3. The molecule has 1 saturated heterocycles. The monoisotopic (exact) mass is 377 g/mol. The second-order valence-corrected chi connectivity index (χ2v) is 6.75. The van der Waals surface area contributed by atoms with E-state index in [1.54, 1.807) is 12.3 Å². The molecule has 0 aliphatic carbocycles. The van der Waals surface area contributed by atoms with E-state index in [0.717, 1.165) is 29.5 Å². The van der Waals surface area contributed by atoms with Gasteiger partial charge in [-0.25, -0.2) is 0 Å². The van der Waals surface area contributed by atoms with Crippen LogP contribution in [0.25, 0.3) is 0 Å². The first-order chi connectivity index (χ1) is 12.4. The fourth-order valence-electron chi connectivity index (χ4n) is 2.36. The number of alkyl halides is 3. The fourth-order valence-corrected chi connectivity index (χ4v) is 3.33. The van der Waals surface area contributed by atoms with Crippen LogP contribution in [0.2, 0.25) is 0 Å². The summed E-state index contributed by atoms with van der Waals surface area (Å²) in [5, 5.41) is 10.3. The number of carbonyl (C=O) groups is 1. The molecule has 1 unspecified atom stereocenters. The molecule has 0 spiro atoms. The number of hydrogen-bond donors (Lipinski definition) is 1. The first kappa shape index (κ1) is 18.2. The van der Waals surface area contributed by atoms with Crippen LogP contribution in [0, 0.1) is 0 Å². The molecule has 1 atom stereocenters. The molecule has 4 nitrogen and oxygen atoms in total. The maximum Gasteiger partial charge on any atom is 0.416 e. The number of carbonyl (C=O) groups excluding carboxylic acids is 1. The van der Waals surface area contributed by atoms with Gasteiger partial charge in [0, 0.05) is 0 Å². The molecule has 1 amide bonds. The first-order valence-electron chi connectivity index (χ1n) is 7.71. The van der Waals surface area contributed by atoms with Gasteiger partial charge in [0.2, 0.25) is 5.91 Å². The Kier molecular flexibility index (Phi) is 5.41. The molecule has 134 valence electrons. The molecule has 0 bridgehead atoms. The van der Waals surface area contributed by atoms with Gasteiger partial charge in [-0.3, -0.25) is 4.79 Å². The van der Waals surface area contributed by atoms with Crippen LogP contribution in [0.15, 0.2) is 64.8 Å². The summed E-state index contributed by atoms with van der Waals surface area (Å²) in [6.07, 6.45) is -2.67. The number of thioether (sulfide) groups is 1. The first-order valence-corrected chi connectivity index (χ1v) is 8.59. The normalized spacial score (nSPS) is 19.3. The Morgan fingerprint density at radius 1 is 1.12 bits per heavy atom. The van der Waals surface area contributed by atoms with Crippen molar-refractivity contribution in [2.75, 3.05) is 0 Å². The Hall–Kier alpha value is -2.61. The van der Waals surface area contributed by atoms with Crippen molar-refractivity contribution in [1.82, 2.24) is 5.32 Å². The number of hydrogen-bond acceptors (Lipinski definition) is 4. The molecule has 8 heteroatoms. The van der Waals surface area contributed by atoms with Gasteiger partial charge in [-0.2, -0.15) is 18.3 Å². The average molecular weight is 377 g/mol. The largest absolute Gasteiger partial charge is 0.416 e. The van der Waals surface area contributed by atoms with Crippen molar-refractivity contribution in [2.24, 2.45) is 10.2 Å². The van der Waals surface area contributed by atoms with Crippen molar-refractivity contribution < 1.29 is 18.0 Å². The molecule has 1 N–H and O–H groups in total. The maximum atomic E-state index is 12.8. The van der Waals surface area contributed by atoms with Gasteiger partial charge in [-0.15, -0.1) is 5.10 Å². The van der Waals surface area contributed by atoms with Crippen molar-refractivity contribution in [3.05, 3.63) is 71.3 Å². The van der Waals surface area contributed by atoms with E-state index in [-0.39, 0.29) is 12.3 Å². The molecule has 2 aromatic carbocycles. The minimum absolute atomic E-state index is 0.182. The minimum Gasteiger partial charge on any atom is -0.303 e. The predicted molar refractivity (Wildman–Crippen MR) is 96.1 cm³/mol. The number of amides is 1. The number of nitrogens with zero attached hydrogens (tertiary/aromatic N) is 2. The van der Waals surface area contributed by atoms with E-state index in [4.69, 9.17) is 0 Å². The lowest BCUT2D eigenvalue weighted by molar-refractivity contribution is -0.137. The van der Waals surface area contributed by atoms with Gasteiger partial charge in [0.25, 0.3) is 0 Å². The van der Waals surface area contributed by atoms with E-state index in [1.165, 1.54) is 6.07 Å². The van der Waals surface area contributed by atoms with Crippen molar-refractivity contribution in [3.63, 3.8) is 0 Å². The summed E-state index contributed by atoms with van der Waals surface area (Å²) < 4.78 is 38.3. The third kappa shape index (κ3) is 4.72. The molecule has 1 aliphatic heterocycles. The molecule has 0 radical (unpaired) electrons. The summed E-state index contributed by atoms with van der Waals surface area (Å²) >= 11 is 1.16. The number of benzene rings is 2. The molecular weight excluding hydrogens is 363 g/mol. The van der Waals surface area contributed by atoms with Gasteiger partial charge >= 0.3 is 6.18 Å². The van der Waals surface area contributed by atoms with Crippen LogP contribution < -0.4 is 5.32 Å². The lowest BCUT2D eigenvalue weighted by Crippen LogP contribution is -2.26. The number of nitrogens with one attached hydrogen (secondary N) is 1. The summed E-state index contributed by atoms with van der Waals surface area (Å²) in [7, 11) is 0. The highest BCUT2D eigenvalue weighted by Crippen LogP contribution is 2.31. The standard InChI is InChI=1S/C18H14F3N3OS/c19-18(20,21)14-8-4-7-13(9-14)10-15-16(25)23-17(26-15)24-22-11-12-5-2-1-3-6-12/h1-9,11,15H,10H2,(H,23,24,25)/b22-11+. The van der Waals surface area contributed by atoms with E-state index in [2.05, 4.69) is 15.5 Å². The predicted octanol–water partition coefficient (Wildman–Crippen LogP) is 3.87. The molecular formula is C18H14F3N3OS. The minimum atomic E-state index is -4.40. The molecule has 1 heterocycles. The Morgan fingerprint density at radius 3 is 2.62 bits per heavy atom. The lowest BCUT2D eigenvalue weighted by atomic mass is 10.1. The van der Waals surface area contributed by atoms with Crippen LogP contribution in [0.3, 0.4) is 0 Å². The molecule has 0 saturated carbocycles. The number of amidine groups is 1. The van der Waals surface area contributed by atoms with E-state index in [9.17, 15) is 18.0 Å².